The molecule has 0 fully saturated rings. The highest BCUT2D eigenvalue weighted by atomic mass is 16.5. The molecule has 0 spiro atoms. The number of methoxy groups -OCH3 is 1. The maximum absolute atomic E-state index is 5.14. The molecule has 1 aromatic heterocycles. The van der Waals surface area contributed by atoms with E-state index < -0.39 is 0 Å². The van der Waals surface area contributed by atoms with Gasteiger partial charge in [0.2, 0.25) is 5.95 Å². The van der Waals surface area contributed by atoms with Crippen LogP contribution in [0, 0.1) is 6.92 Å². The van der Waals surface area contributed by atoms with Crippen LogP contribution in [0.25, 0.3) is 0 Å². The fourth-order valence-electron chi connectivity index (χ4n) is 1.26. The Labute approximate surface area is 96.6 Å². The average molecular weight is 224 g/mol. The summed E-state index contributed by atoms with van der Waals surface area (Å²) in [5.74, 6) is 0.654. The van der Waals surface area contributed by atoms with Gasteiger partial charge >= 0.3 is 0 Å². The maximum atomic E-state index is 5.14. The van der Waals surface area contributed by atoms with Crippen LogP contribution in [0.15, 0.2) is 6.20 Å². The predicted molar refractivity (Wildman–Crippen MR) is 64.5 cm³/mol. The molecule has 0 saturated carbocycles. The van der Waals surface area contributed by atoms with E-state index in [-0.39, 0.29) is 6.10 Å². The van der Waals surface area contributed by atoms with Gasteiger partial charge in [-0.3, -0.25) is 0 Å². The van der Waals surface area contributed by atoms with E-state index in [4.69, 9.17) is 4.74 Å². The number of rotatable bonds is 6. The van der Waals surface area contributed by atoms with Gasteiger partial charge in [0, 0.05) is 37.7 Å². The third-order valence-corrected chi connectivity index (χ3v) is 2.40. The monoisotopic (exact) mass is 224 g/mol. The van der Waals surface area contributed by atoms with E-state index in [1.807, 2.05) is 27.1 Å². The second kappa shape index (κ2) is 6.40. The molecule has 1 heterocycles. The molecule has 5 nitrogen and oxygen atoms in total. The van der Waals surface area contributed by atoms with E-state index in [2.05, 4.69) is 20.6 Å². The zero-order valence-corrected chi connectivity index (χ0v) is 10.4. The molecule has 0 aliphatic heterocycles. The van der Waals surface area contributed by atoms with Crippen LogP contribution in [0.1, 0.15) is 18.2 Å². The highest BCUT2D eigenvalue weighted by molar-refractivity contribution is 5.29. The Morgan fingerprint density at radius 2 is 2.25 bits per heavy atom. The van der Waals surface area contributed by atoms with Gasteiger partial charge < -0.3 is 15.4 Å². The van der Waals surface area contributed by atoms with E-state index >= 15 is 0 Å². The van der Waals surface area contributed by atoms with Crippen LogP contribution < -0.4 is 10.6 Å². The van der Waals surface area contributed by atoms with Crippen LogP contribution >= 0.6 is 0 Å². The van der Waals surface area contributed by atoms with E-state index in [9.17, 15) is 0 Å². The van der Waals surface area contributed by atoms with Crippen molar-refractivity contribution in [3.63, 3.8) is 0 Å². The number of aromatic nitrogens is 2. The molecule has 1 aromatic rings. The molecular formula is C11H20N4O. The van der Waals surface area contributed by atoms with Gasteiger partial charge in [0.15, 0.2) is 0 Å². The Hall–Kier alpha value is -1.20. The summed E-state index contributed by atoms with van der Waals surface area (Å²) in [5, 5.41) is 6.22. The summed E-state index contributed by atoms with van der Waals surface area (Å²) in [7, 11) is 3.60. The van der Waals surface area contributed by atoms with Gasteiger partial charge in [-0.1, -0.05) is 0 Å². The largest absolute Gasteiger partial charge is 0.380 e. The maximum Gasteiger partial charge on any atom is 0.222 e. The highest BCUT2D eigenvalue weighted by Gasteiger charge is 2.04. The first-order valence-corrected chi connectivity index (χ1v) is 5.41. The van der Waals surface area contributed by atoms with Crippen molar-refractivity contribution in [1.82, 2.24) is 15.3 Å². The van der Waals surface area contributed by atoms with Gasteiger partial charge in [-0.25, -0.2) is 9.97 Å². The second-order valence-electron chi connectivity index (χ2n) is 3.76. The normalized spacial score (nSPS) is 12.5. The summed E-state index contributed by atoms with van der Waals surface area (Å²) in [6, 6.07) is 0. The number of anilines is 1. The molecule has 0 radical (unpaired) electrons. The van der Waals surface area contributed by atoms with Gasteiger partial charge in [-0.05, 0) is 20.9 Å². The molecule has 0 amide bonds. The number of aryl methyl sites for hydroxylation is 1. The zero-order valence-electron chi connectivity index (χ0n) is 10.4. The van der Waals surface area contributed by atoms with Crippen LogP contribution in [-0.2, 0) is 11.3 Å². The number of nitrogens with one attached hydrogen (secondary N) is 2. The Balaban J connectivity index is 2.59. The number of ether oxygens (including phenoxy) is 1. The van der Waals surface area contributed by atoms with Crippen molar-refractivity contribution in [2.24, 2.45) is 0 Å². The molecule has 1 atom stereocenters. The van der Waals surface area contributed by atoms with Gasteiger partial charge in [0.05, 0.1) is 6.10 Å². The zero-order chi connectivity index (χ0) is 12.0. The molecule has 0 aliphatic carbocycles. The lowest BCUT2D eigenvalue weighted by Gasteiger charge is -2.11. The number of nitrogens with zero attached hydrogens (tertiary/aromatic N) is 2. The number of hydrogen-bond acceptors (Lipinski definition) is 5. The topological polar surface area (TPSA) is 59.1 Å². The van der Waals surface area contributed by atoms with E-state index in [0.29, 0.717) is 12.5 Å². The summed E-state index contributed by atoms with van der Waals surface area (Å²) < 4.78 is 5.14. The smallest absolute Gasteiger partial charge is 0.222 e. The minimum absolute atomic E-state index is 0.154. The van der Waals surface area contributed by atoms with E-state index in [0.717, 1.165) is 17.8 Å². The van der Waals surface area contributed by atoms with E-state index in [1.165, 1.54) is 0 Å². The van der Waals surface area contributed by atoms with Crippen molar-refractivity contribution in [3.05, 3.63) is 17.5 Å². The first-order valence-electron chi connectivity index (χ1n) is 5.41. The Kier molecular flexibility index (Phi) is 5.14. The van der Waals surface area contributed by atoms with Crippen molar-refractivity contribution in [2.75, 3.05) is 26.0 Å². The first-order chi connectivity index (χ1) is 7.67. The quantitative estimate of drug-likeness (QED) is 0.753. The molecule has 2 N–H and O–H groups in total. The van der Waals surface area contributed by atoms with E-state index in [1.54, 1.807) is 7.11 Å². The average Bonchev–Trinajstić information content (AvgIpc) is 2.29. The minimum Gasteiger partial charge on any atom is -0.380 e. The van der Waals surface area contributed by atoms with Crippen molar-refractivity contribution in [2.45, 2.75) is 26.5 Å². The van der Waals surface area contributed by atoms with Crippen molar-refractivity contribution >= 4 is 5.95 Å². The third kappa shape index (κ3) is 3.75. The molecule has 0 aliphatic rings. The molecule has 0 saturated heterocycles. The van der Waals surface area contributed by atoms with Gasteiger partial charge in [0.1, 0.15) is 0 Å². The summed E-state index contributed by atoms with van der Waals surface area (Å²) in [6.45, 7) is 5.48. The van der Waals surface area contributed by atoms with Crippen molar-refractivity contribution in [1.29, 1.82) is 0 Å². The lowest BCUT2D eigenvalue weighted by Crippen LogP contribution is -2.20. The highest BCUT2D eigenvalue weighted by Crippen LogP contribution is 2.06. The fraction of sp³-hybridized carbons (Fsp3) is 0.636. The minimum atomic E-state index is 0.154. The SMILES string of the molecule is CNCc1cnc(NCC(C)OC)nc1C. The van der Waals surface area contributed by atoms with Crippen molar-refractivity contribution < 1.29 is 4.74 Å². The molecule has 0 bridgehead atoms. The molecule has 5 heteroatoms. The second-order valence-corrected chi connectivity index (χ2v) is 3.76. The van der Waals surface area contributed by atoms with Crippen LogP contribution in [0.3, 0.4) is 0 Å². The summed E-state index contributed by atoms with van der Waals surface area (Å²) >= 11 is 0. The lowest BCUT2D eigenvalue weighted by atomic mass is 10.2. The van der Waals surface area contributed by atoms with Crippen LogP contribution in [0.2, 0.25) is 0 Å². The fourth-order valence-corrected chi connectivity index (χ4v) is 1.26. The molecule has 90 valence electrons. The third-order valence-electron chi connectivity index (χ3n) is 2.40. The van der Waals surface area contributed by atoms with Crippen LogP contribution in [-0.4, -0.2) is 36.8 Å². The Morgan fingerprint density at radius 3 is 2.81 bits per heavy atom. The Morgan fingerprint density at radius 1 is 1.50 bits per heavy atom. The van der Waals surface area contributed by atoms with Crippen molar-refractivity contribution in [3.8, 4) is 0 Å². The molecule has 0 aromatic carbocycles. The standard InChI is InChI=1S/C11H20N4O/c1-8(16-4)5-13-11-14-7-10(6-12-3)9(2)15-11/h7-8,12H,5-6H2,1-4H3,(H,13,14,15). The summed E-state index contributed by atoms with van der Waals surface area (Å²) in [4.78, 5) is 8.63. The Bertz CT molecular complexity index is 330. The van der Waals surface area contributed by atoms with Gasteiger partial charge in [-0.2, -0.15) is 0 Å². The summed E-state index contributed by atoms with van der Waals surface area (Å²) in [6.07, 6.45) is 2.00. The van der Waals surface area contributed by atoms with Crippen LogP contribution in [0.4, 0.5) is 5.95 Å². The van der Waals surface area contributed by atoms with Crippen LogP contribution in [0.5, 0.6) is 0 Å². The predicted octanol–water partition coefficient (Wildman–Crippen LogP) is 0.951. The first kappa shape index (κ1) is 12.9. The summed E-state index contributed by atoms with van der Waals surface area (Å²) in [5.41, 5.74) is 2.12. The van der Waals surface area contributed by atoms with Gasteiger partial charge in [0.25, 0.3) is 0 Å². The molecule has 1 unspecified atom stereocenters. The number of hydrogen-bond donors (Lipinski definition) is 2. The lowest BCUT2D eigenvalue weighted by molar-refractivity contribution is 0.128. The molecule has 1 rings (SSSR count). The molecule has 16 heavy (non-hydrogen) atoms. The van der Waals surface area contributed by atoms with Gasteiger partial charge in [-0.15, -0.1) is 0 Å². The molecular weight excluding hydrogens is 204 g/mol.